The second-order valence-corrected chi connectivity index (χ2v) is 14.7. The highest BCUT2D eigenvalue weighted by atomic mass is 32.2. The number of aliphatic hydroxyl groups is 1. The maximum atomic E-state index is 13.0. The van der Waals surface area contributed by atoms with Crippen LogP contribution in [0.5, 0.6) is 5.75 Å². The molecule has 2 amide bonds. The van der Waals surface area contributed by atoms with E-state index in [-0.39, 0.29) is 42.7 Å². The van der Waals surface area contributed by atoms with E-state index < -0.39 is 39.7 Å². The van der Waals surface area contributed by atoms with E-state index in [1.54, 1.807) is 71.3 Å². The first-order valence-corrected chi connectivity index (χ1v) is 17.8. The zero-order valence-corrected chi connectivity index (χ0v) is 29.8. The molecule has 1 aromatic heterocycles. The van der Waals surface area contributed by atoms with Gasteiger partial charge in [0.05, 0.1) is 36.7 Å². The first-order chi connectivity index (χ1) is 23.0. The van der Waals surface area contributed by atoms with Gasteiger partial charge in [-0.25, -0.2) is 17.9 Å². The van der Waals surface area contributed by atoms with Gasteiger partial charge in [0.25, 0.3) is 5.91 Å². The van der Waals surface area contributed by atoms with E-state index in [1.807, 2.05) is 24.3 Å². The monoisotopic (exact) mass is 697 g/mol. The Labute approximate surface area is 288 Å². The van der Waals surface area contributed by atoms with Gasteiger partial charge in [-0.15, -0.1) is 0 Å². The molecular formula is C36H47N3O9S. The number of nitrogens with zero attached hydrogens (tertiary/aromatic N) is 2. The number of benzene rings is 2. The number of aliphatic hydroxyl groups excluding tert-OH is 1. The molecule has 1 atom stereocenters. The number of carbonyl (C=O) groups excluding carboxylic acids is 3. The first-order valence-electron chi connectivity index (χ1n) is 16.2. The summed E-state index contributed by atoms with van der Waals surface area (Å²) in [5.41, 5.74) is 2.66. The SMILES string of the molecule is CC(=O)OCCCS(=O)(=O)NC(=O)c1ccc(-c2ccc(CCCN(C[C@H](O)c3cccnc3)C(=O)OC(C)(C)C)cc2)cc1OC(C)C. The lowest BCUT2D eigenvalue weighted by Crippen LogP contribution is -2.40. The van der Waals surface area contributed by atoms with E-state index in [1.165, 1.54) is 17.9 Å². The van der Waals surface area contributed by atoms with E-state index in [0.717, 1.165) is 16.7 Å². The predicted molar refractivity (Wildman–Crippen MR) is 185 cm³/mol. The molecular weight excluding hydrogens is 650 g/mol. The fraction of sp³-hybridized carbons (Fsp3) is 0.444. The average molecular weight is 698 g/mol. The van der Waals surface area contributed by atoms with Gasteiger partial charge in [-0.05, 0) is 88.8 Å². The van der Waals surface area contributed by atoms with E-state index in [4.69, 9.17) is 14.2 Å². The summed E-state index contributed by atoms with van der Waals surface area (Å²) in [6.45, 7) is 10.6. The van der Waals surface area contributed by atoms with Crippen molar-refractivity contribution in [1.82, 2.24) is 14.6 Å². The topological polar surface area (TPSA) is 161 Å². The zero-order valence-electron chi connectivity index (χ0n) is 29.0. The molecule has 2 N–H and O–H groups in total. The number of pyridine rings is 1. The Morgan fingerprint density at radius 1 is 1.00 bits per heavy atom. The third-order valence-corrected chi connectivity index (χ3v) is 8.32. The van der Waals surface area contributed by atoms with Gasteiger partial charge < -0.3 is 24.2 Å². The van der Waals surface area contributed by atoms with Crippen LogP contribution < -0.4 is 9.46 Å². The molecule has 3 aromatic rings. The van der Waals surface area contributed by atoms with Crippen LogP contribution in [-0.2, 0) is 30.7 Å². The van der Waals surface area contributed by atoms with Gasteiger partial charge in [0.2, 0.25) is 10.0 Å². The van der Waals surface area contributed by atoms with Crippen molar-refractivity contribution < 1.29 is 42.1 Å². The second-order valence-electron chi connectivity index (χ2n) is 12.9. The molecule has 0 fully saturated rings. The fourth-order valence-corrected chi connectivity index (χ4v) is 5.75. The van der Waals surface area contributed by atoms with Crippen molar-refractivity contribution in [3.8, 4) is 16.9 Å². The standard InChI is InChI=1S/C36H47N3O9S/c1-25(2)47-33-22-29(16-17-31(33)34(42)38-49(44,45)21-9-20-46-26(3)40)28-14-12-27(13-15-28)10-8-19-39(35(43)48-36(4,5)6)24-32(41)30-11-7-18-37-23-30/h7,11-18,22-23,25,32,41H,8-10,19-21,24H2,1-6H3,(H,38,42)/t32-/m0/s1. The number of sulfonamides is 1. The normalized spacial score (nSPS) is 12.2. The minimum Gasteiger partial charge on any atom is -0.490 e. The Balaban J connectivity index is 1.68. The number of hydrogen-bond donors (Lipinski definition) is 2. The molecule has 0 bridgehead atoms. The van der Waals surface area contributed by atoms with E-state index >= 15 is 0 Å². The van der Waals surface area contributed by atoms with Crippen molar-refractivity contribution in [2.75, 3.05) is 25.4 Å². The number of aryl methyl sites for hydroxylation is 1. The van der Waals surface area contributed by atoms with Crippen molar-refractivity contribution in [1.29, 1.82) is 0 Å². The lowest BCUT2D eigenvalue weighted by molar-refractivity contribution is -0.140. The average Bonchev–Trinajstić information content (AvgIpc) is 3.02. The summed E-state index contributed by atoms with van der Waals surface area (Å²) >= 11 is 0. The molecule has 0 aliphatic carbocycles. The van der Waals surface area contributed by atoms with Gasteiger partial charge in [0.15, 0.2) is 0 Å². The first kappa shape index (κ1) is 39.0. The van der Waals surface area contributed by atoms with Crippen LogP contribution in [0.3, 0.4) is 0 Å². The number of ether oxygens (including phenoxy) is 3. The van der Waals surface area contributed by atoms with E-state index in [0.29, 0.717) is 24.9 Å². The van der Waals surface area contributed by atoms with Crippen molar-refractivity contribution in [2.45, 2.75) is 78.6 Å². The summed E-state index contributed by atoms with van der Waals surface area (Å²) in [7, 11) is -3.97. The molecule has 0 aliphatic rings. The zero-order chi connectivity index (χ0) is 36.2. The maximum absolute atomic E-state index is 13.0. The Morgan fingerprint density at radius 3 is 2.31 bits per heavy atom. The summed E-state index contributed by atoms with van der Waals surface area (Å²) < 4.78 is 43.3. The fourth-order valence-electron chi connectivity index (χ4n) is 4.76. The number of amides is 2. The van der Waals surface area contributed by atoms with Crippen LogP contribution in [0.1, 0.15) is 82.0 Å². The van der Waals surface area contributed by atoms with Crippen molar-refractivity contribution in [3.63, 3.8) is 0 Å². The van der Waals surface area contributed by atoms with Gasteiger partial charge in [-0.1, -0.05) is 36.4 Å². The van der Waals surface area contributed by atoms with Crippen LogP contribution in [0.15, 0.2) is 67.0 Å². The quantitative estimate of drug-likeness (QED) is 0.145. The van der Waals surface area contributed by atoms with Crippen LogP contribution in [0.4, 0.5) is 4.79 Å². The minimum absolute atomic E-state index is 0.0454. The number of rotatable bonds is 16. The number of aromatic nitrogens is 1. The number of nitrogens with one attached hydrogen (secondary N) is 1. The van der Waals surface area contributed by atoms with Crippen LogP contribution in [0.25, 0.3) is 11.1 Å². The number of esters is 1. The van der Waals surface area contributed by atoms with Gasteiger partial charge >= 0.3 is 12.1 Å². The highest BCUT2D eigenvalue weighted by Gasteiger charge is 2.25. The van der Waals surface area contributed by atoms with Crippen molar-refractivity contribution in [2.24, 2.45) is 0 Å². The molecule has 0 aliphatic heterocycles. The smallest absolute Gasteiger partial charge is 0.410 e. The molecule has 266 valence electrons. The van der Waals surface area contributed by atoms with Crippen LogP contribution in [0, 0.1) is 0 Å². The Hall–Kier alpha value is -4.49. The summed E-state index contributed by atoms with van der Waals surface area (Å²) in [5, 5.41) is 10.8. The molecule has 0 radical (unpaired) electrons. The Kier molecular flexibility index (Phi) is 14.1. The van der Waals surface area contributed by atoms with Gasteiger partial charge in [0.1, 0.15) is 11.4 Å². The molecule has 0 spiro atoms. The molecule has 3 rings (SSSR count). The number of carbonyl (C=O) groups is 3. The van der Waals surface area contributed by atoms with Crippen molar-refractivity contribution in [3.05, 3.63) is 83.7 Å². The molecule has 1 heterocycles. The lowest BCUT2D eigenvalue weighted by atomic mass is 10.00. The highest BCUT2D eigenvalue weighted by Crippen LogP contribution is 2.29. The van der Waals surface area contributed by atoms with Crippen molar-refractivity contribution >= 4 is 28.0 Å². The van der Waals surface area contributed by atoms with Crippen LogP contribution >= 0.6 is 0 Å². The summed E-state index contributed by atoms with van der Waals surface area (Å²) in [5.74, 6) is -1.48. The van der Waals surface area contributed by atoms with E-state index in [9.17, 15) is 27.9 Å². The van der Waals surface area contributed by atoms with Crippen LogP contribution in [-0.4, -0.2) is 78.5 Å². The molecule has 49 heavy (non-hydrogen) atoms. The molecule has 0 saturated heterocycles. The minimum atomic E-state index is -3.97. The highest BCUT2D eigenvalue weighted by molar-refractivity contribution is 7.90. The van der Waals surface area contributed by atoms with Gasteiger partial charge in [0, 0.05) is 31.4 Å². The second kappa shape index (κ2) is 17.8. The van der Waals surface area contributed by atoms with Crippen LogP contribution in [0.2, 0.25) is 0 Å². The summed E-state index contributed by atoms with van der Waals surface area (Å²) in [6.07, 6.45) is 2.83. The lowest BCUT2D eigenvalue weighted by Gasteiger charge is -2.29. The molecule has 0 saturated carbocycles. The largest absolute Gasteiger partial charge is 0.490 e. The molecule has 2 aromatic carbocycles. The Bertz CT molecular complexity index is 1660. The third-order valence-electron chi connectivity index (χ3n) is 6.99. The summed E-state index contributed by atoms with van der Waals surface area (Å²) in [4.78, 5) is 42.4. The third kappa shape index (κ3) is 13.5. The molecule has 13 heteroatoms. The van der Waals surface area contributed by atoms with Gasteiger partial charge in [-0.2, -0.15) is 0 Å². The number of hydrogen-bond acceptors (Lipinski definition) is 10. The van der Waals surface area contributed by atoms with E-state index in [2.05, 4.69) is 9.71 Å². The van der Waals surface area contributed by atoms with Gasteiger partial charge in [-0.3, -0.25) is 14.6 Å². The maximum Gasteiger partial charge on any atom is 0.410 e. The molecule has 12 nitrogen and oxygen atoms in total. The summed E-state index contributed by atoms with van der Waals surface area (Å²) in [6, 6.07) is 16.3. The Morgan fingerprint density at radius 2 is 1.69 bits per heavy atom. The molecule has 0 unspecified atom stereocenters. The predicted octanol–water partition coefficient (Wildman–Crippen LogP) is 5.45.